The van der Waals surface area contributed by atoms with Crippen LogP contribution >= 0.6 is 46.2 Å². The van der Waals surface area contributed by atoms with E-state index >= 15 is 0 Å². The lowest BCUT2D eigenvalue weighted by Crippen LogP contribution is -2.07. The van der Waals surface area contributed by atoms with Crippen LogP contribution in [0.3, 0.4) is 0 Å². The fraction of sp³-hybridized carbons (Fsp3) is 0.750. The molecule has 0 saturated carbocycles. The van der Waals surface area contributed by atoms with Crippen molar-refractivity contribution in [2.24, 2.45) is 5.92 Å². The molecule has 0 fully saturated rings. The van der Waals surface area contributed by atoms with E-state index in [-0.39, 0.29) is 0 Å². The maximum absolute atomic E-state index is 2.33. The van der Waals surface area contributed by atoms with Gasteiger partial charge >= 0.3 is 0 Å². The lowest BCUT2D eigenvalue weighted by Gasteiger charge is -2.15. The third-order valence-electron chi connectivity index (χ3n) is 6.39. The van der Waals surface area contributed by atoms with Crippen molar-refractivity contribution in [2.75, 3.05) is 11.5 Å². The summed E-state index contributed by atoms with van der Waals surface area (Å²) in [7, 11) is 0. The first-order chi connectivity index (χ1) is 17.0. The molecule has 2 aromatic heterocycles. The van der Waals surface area contributed by atoms with Crippen LogP contribution in [0, 0.1) is 5.92 Å². The average molecular weight is 569 g/mol. The molecule has 2 heterocycles. The predicted molar refractivity (Wildman–Crippen MR) is 174 cm³/mol. The smallest absolute Gasteiger partial charge is 0.0601 e. The van der Waals surface area contributed by atoms with Gasteiger partial charge in [0.1, 0.15) is 0 Å². The van der Waals surface area contributed by atoms with Crippen LogP contribution in [-0.4, -0.2) is 11.5 Å². The largest absolute Gasteiger partial charge is 0.133 e. The topological polar surface area (TPSA) is 0 Å². The molecule has 0 saturated heterocycles. The van der Waals surface area contributed by atoms with E-state index in [1.807, 2.05) is 34.4 Å². The molecule has 0 aliphatic heterocycles. The minimum Gasteiger partial charge on any atom is -0.133 e. The van der Waals surface area contributed by atoms with Gasteiger partial charge in [-0.1, -0.05) is 114 Å². The Morgan fingerprint density at radius 1 is 0.639 bits per heavy atom. The Bertz CT molecular complexity index is 788. The highest BCUT2D eigenvalue weighted by Gasteiger charge is 2.17. The van der Waals surface area contributed by atoms with E-state index in [4.69, 9.17) is 0 Å². The number of thioether (sulfide) groups is 2. The van der Waals surface area contributed by atoms with Crippen molar-refractivity contribution in [3.8, 4) is 0 Å². The molecule has 0 N–H and O–H groups in total. The maximum Gasteiger partial charge on any atom is 0.0601 e. The summed E-state index contributed by atoms with van der Waals surface area (Å²) in [6.07, 6.45) is 13.8. The van der Waals surface area contributed by atoms with Crippen LogP contribution in [0.5, 0.6) is 0 Å². The van der Waals surface area contributed by atoms with Gasteiger partial charge in [0.15, 0.2) is 0 Å². The monoisotopic (exact) mass is 568 g/mol. The molecule has 0 aromatic carbocycles. The van der Waals surface area contributed by atoms with Gasteiger partial charge in [0.05, 0.1) is 8.42 Å². The van der Waals surface area contributed by atoms with Crippen molar-refractivity contribution in [2.45, 2.75) is 146 Å². The lowest BCUT2D eigenvalue weighted by atomic mass is 9.95. The minimum atomic E-state index is 0.301. The second kappa shape index (κ2) is 18.4. The molecule has 4 heteroatoms. The Balaban J connectivity index is 0.000000360. The number of hydrogen-bond donors (Lipinski definition) is 0. The van der Waals surface area contributed by atoms with Crippen LogP contribution in [0.4, 0.5) is 0 Å². The molecule has 208 valence electrons. The van der Waals surface area contributed by atoms with E-state index in [9.17, 15) is 0 Å². The Kier molecular flexibility index (Phi) is 17.4. The molecule has 0 radical (unpaired) electrons. The normalized spacial score (nSPS) is 12.9. The zero-order valence-corrected chi connectivity index (χ0v) is 28.3. The third kappa shape index (κ3) is 14.9. The van der Waals surface area contributed by atoms with Crippen molar-refractivity contribution >= 4 is 46.2 Å². The first kappa shape index (κ1) is 34.1. The van der Waals surface area contributed by atoms with Gasteiger partial charge in [0, 0.05) is 15.5 Å². The quantitative estimate of drug-likeness (QED) is 0.155. The number of rotatable bonds is 15. The summed E-state index contributed by atoms with van der Waals surface area (Å²) < 4.78 is 2.99. The fourth-order valence-electron chi connectivity index (χ4n) is 3.75. The highest BCUT2D eigenvalue weighted by Crippen LogP contribution is 2.36. The SMILES string of the molecule is CCCCC(CC)CSc1ccc(C(C)(C)C)s1.CCCCCCCCSc1ccc(C(C)(C)C)s1. The Morgan fingerprint density at radius 3 is 1.61 bits per heavy atom. The van der Waals surface area contributed by atoms with Crippen LogP contribution in [0.1, 0.15) is 136 Å². The molecule has 36 heavy (non-hydrogen) atoms. The van der Waals surface area contributed by atoms with Crippen LogP contribution in [0.25, 0.3) is 0 Å². The van der Waals surface area contributed by atoms with Crippen LogP contribution in [0.15, 0.2) is 32.7 Å². The standard InChI is InChI=1S/2C16H28S2/c1-6-8-9-13(7-2)12-17-15-11-10-14(18-15)16(3,4)5;1-5-6-7-8-9-10-13-17-15-12-11-14(18-15)16(2,3)4/h10-11,13H,6-9,12H2,1-5H3;11-12H,5-10,13H2,1-4H3. The van der Waals surface area contributed by atoms with Crippen LogP contribution < -0.4 is 0 Å². The van der Waals surface area contributed by atoms with Gasteiger partial charge in [-0.05, 0) is 59.6 Å². The van der Waals surface area contributed by atoms with Gasteiger partial charge < -0.3 is 0 Å². The summed E-state index contributed by atoms with van der Waals surface area (Å²) >= 11 is 8.05. The summed E-state index contributed by atoms with van der Waals surface area (Å²) in [5.74, 6) is 3.48. The molecule has 0 nitrogen and oxygen atoms in total. The summed E-state index contributed by atoms with van der Waals surface area (Å²) in [6, 6.07) is 9.21. The second-order valence-electron chi connectivity index (χ2n) is 12.1. The Labute approximate surface area is 242 Å². The molecule has 2 rings (SSSR count). The van der Waals surface area contributed by atoms with Crippen molar-refractivity contribution in [3.05, 3.63) is 34.0 Å². The summed E-state index contributed by atoms with van der Waals surface area (Å²) in [5, 5.41) is 0. The fourth-order valence-corrected chi connectivity index (χ4v) is 8.49. The summed E-state index contributed by atoms with van der Waals surface area (Å²) in [6.45, 7) is 20.7. The van der Waals surface area contributed by atoms with E-state index in [1.54, 1.807) is 0 Å². The molecule has 0 amide bonds. The van der Waals surface area contributed by atoms with Gasteiger partial charge in [-0.3, -0.25) is 0 Å². The zero-order chi connectivity index (χ0) is 27.0. The highest BCUT2D eigenvalue weighted by molar-refractivity contribution is 8.01. The summed E-state index contributed by atoms with van der Waals surface area (Å²) in [5.41, 5.74) is 0.611. The molecule has 0 bridgehead atoms. The van der Waals surface area contributed by atoms with E-state index in [0.717, 1.165) is 5.92 Å². The van der Waals surface area contributed by atoms with Crippen LogP contribution in [-0.2, 0) is 10.8 Å². The highest BCUT2D eigenvalue weighted by atomic mass is 32.2. The number of unbranched alkanes of at least 4 members (excludes halogenated alkanes) is 6. The Morgan fingerprint density at radius 2 is 1.14 bits per heavy atom. The minimum absolute atomic E-state index is 0.301. The second-order valence-corrected chi connectivity index (χ2v) is 17.0. The molecule has 0 aliphatic rings. The molecule has 1 atom stereocenters. The van der Waals surface area contributed by atoms with Crippen molar-refractivity contribution in [1.82, 2.24) is 0 Å². The lowest BCUT2D eigenvalue weighted by molar-refractivity contribution is 0.499. The number of hydrogen-bond acceptors (Lipinski definition) is 4. The third-order valence-corrected chi connectivity index (χ3v) is 12.2. The predicted octanol–water partition coefficient (Wildman–Crippen LogP) is 12.9. The first-order valence-electron chi connectivity index (χ1n) is 14.5. The molecule has 2 aromatic rings. The van der Waals surface area contributed by atoms with Gasteiger partial charge in [-0.15, -0.1) is 46.2 Å². The van der Waals surface area contributed by atoms with Gasteiger partial charge in [0.2, 0.25) is 0 Å². The average Bonchev–Trinajstić information content (AvgIpc) is 3.49. The van der Waals surface area contributed by atoms with Gasteiger partial charge in [-0.25, -0.2) is 0 Å². The molecule has 0 aliphatic carbocycles. The molecule has 1 unspecified atom stereocenters. The van der Waals surface area contributed by atoms with Crippen molar-refractivity contribution in [3.63, 3.8) is 0 Å². The molecular weight excluding hydrogens is 513 g/mol. The summed E-state index contributed by atoms with van der Waals surface area (Å²) in [4.78, 5) is 3.01. The van der Waals surface area contributed by atoms with Crippen molar-refractivity contribution < 1.29 is 0 Å². The first-order valence-corrected chi connectivity index (χ1v) is 18.1. The Hall–Kier alpha value is 0.1000. The van der Waals surface area contributed by atoms with Gasteiger partial charge in [0.25, 0.3) is 0 Å². The van der Waals surface area contributed by atoms with E-state index < -0.39 is 0 Å². The van der Waals surface area contributed by atoms with E-state index in [0.29, 0.717) is 10.8 Å². The van der Waals surface area contributed by atoms with Crippen LogP contribution in [0.2, 0.25) is 0 Å². The molecule has 0 spiro atoms. The zero-order valence-electron chi connectivity index (χ0n) is 25.0. The molecular formula is C32H56S4. The van der Waals surface area contributed by atoms with E-state index in [1.165, 1.54) is 93.9 Å². The van der Waals surface area contributed by atoms with Crippen molar-refractivity contribution in [1.29, 1.82) is 0 Å². The maximum atomic E-state index is 2.33. The van der Waals surface area contributed by atoms with Gasteiger partial charge in [-0.2, -0.15) is 0 Å². The number of thiophene rings is 2. The van der Waals surface area contributed by atoms with E-state index in [2.05, 4.69) is 98.3 Å².